The van der Waals surface area contributed by atoms with Crippen LogP contribution in [0.3, 0.4) is 0 Å². The molecule has 32 heavy (non-hydrogen) atoms. The second kappa shape index (κ2) is 13.8. The number of hydrogen-bond acceptors (Lipinski definition) is 9. The number of carboxylic acid groups (broad SMARTS) is 3. The number of thiol groups is 1. The molecular weight excluding hydrogens is 454 g/mol. The molecule has 4 amide bonds. The Balaban J connectivity index is 5.26. The molecule has 10 N–H and O–H groups in total. The number of nitrogens with two attached hydrogens (primary N) is 2. The van der Waals surface area contributed by atoms with Crippen molar-refractivity contribution < 1.29 is 48.9 Å². The van der Waals surface area contributed by atoms with E-state index in [0.29, 0.717) is 0 Å². The van der Waals surface area contributed by atoms with Gasteiger partial charge in [-0.15, -0.1) is 0 Å². The number of carbonyl (C=O) groups excluding carboxylic acids is 4. The lowest BCUT2D eigenvalue weighted by atomic mass is 10.1. The molecule has 0 aliphatic carbocycles. The highest BCUT2D eigenvalue weighted by Gasteiger charge is 2.31. The van der Waals surface area contributed by atoms with E-state index in [0.717, 1.165) is 0 Å². The van der Waals surface area contributed by atoms with Gasteiger partial charge in [-0.1, -0.05) is 0 Å². The molecule has 0 aliphatic rings. The molecule has 0 fully saturated rings. The van der Waals surface area contributed by atoms with Gasteiger partial charge in [0.05, 0.1) is 18.9 Å². The van der Waals surface area contributed by atoms with Crippen molar-refractivity contribution in [3.63, 3.8) is 0 Å². The van der Waals surface area contributed by atoms with Crippen LogP contribution in [0.4, 0.5) is 0 Å². The van der Waals surface area contributed by atoms with Crippen LogP contribution in [0.5, 0.6) is 0 Å². The standard InChI is InChI=1S/C16H25N5O10S/c17-6(1-2-10(18)22)13(27)19-7(3-11(23)24)14(28)21-9(5-32)15(29)20-8(16(30)31)4-12(25)26/h6-9,32H,1-5,17H2,(H2,18,22)(H,19,27)(H,20,29)(H,21,28)(H,23,24)(H,25,26)(H,30,31). The number of primary amides is 1. The summed E-state index contributed by atoms with van der Waals surface area (Å²) in [5, 5.41) is 32.8. The molecule has 0 saturated carbocycles. The van der Waals surface area contributed by atoms with Gasteiger partial charge >= 0.3 is 17.9 Å². The van der Waals surface area contributed by atoms with Crippen LogP contribution in [0.15, 0.2) is 0 Å². The van der Waals surface area contributed by atoms with E-state index in [-0.39, 0.29) is 18.6 Å². The quantitative estimate of drug-likeness (QED) is 0.102. The minimum atomic E-state index is -1.79. The largest absolute Gasteiger partial charge is 0.481 e. The van der Waals surface area contributed by atoms with Crippen molar-refractivity contribution in [2.75, 3.05) is 5.75 Å². The molecule has 0 aromatic rings. The van der Waals surface area contributed by atoms with E-state index in [9.17, 15) is 33.6 Å². The van der Waals surface area contributed by atoms with Gasteiger partial charge in [0.2, 0.25) is 23.6 Å². The zero-order chi connectivity index (χ0) is 25.0. The normalized spacial score (nSPS) is 14.2. The fraction of sp³-hybridized carbons (Fsp3) is 0.562. The first-order chi connectivity index (χ1) is 14.8. The topological polar surface area (TPSA) is 268 Å². The maximum atomic E-state index is 12.4. The Kier molecular flexibility index (Phi) is 12.3. The predicted octanol–water partition coefficient (Wildman–Crippen LogP) is -4.00. The molecule has 0 rings (SSSR count). The Labute approximate surface area is 186 Å². The Hall–Kier alpha value is -3.40. The molecule has 0 aromatic carbocycles. The average molecular weight is 479 g/mol. The van der Waals surface area contributed by atoms with Gasteiger partial charge in [-0.2, -0.15) is 12.6 Å². The van der Waals surface area contributed by atoms with E-state index in [1.165, 1.54) is 0 Å². The van der Waals surface area contributed by atoms with Gasteiger partial charge in [-0.25, -0.2) is 4.79 Å². The summed E-state index contributed by atoms with van der Waals surface area (Å²) in [5.74, 6) is -8.88. The highest BCUT2D eigenvalue weighted by Crippen LogP contribution is 2.01. The number of carboxylic acids is 3. The van der Waals surface area contributed by atoms with E-state index in [1.54, 1.807) is 0 Å². The summed E-state index contributed by atoms with van der Waals surface area (Å²) < 4.78 is 0. The molecule has 0 aliphatic heterocycles. The molecule has 0 aromatic heterocycles. The Bertz CT molecular complexity index is 761. The Morgan fingerprint density at radius 3 is 1.62 bits per heavy atom. The SMILES string of the molecule is NC(=O)CCC(N)C(=O)NC(CC(=O)O)C(=O)NC(CS)C(=O)NC(CC(=O)O)C(=O)O. The van der Waals surface area contributed by atoms with Crippen LogP contribution in [-0.2, 0) is 33.6 Å². The van der Waals surface area contributed by atoms with E-state index < -0.39 is 78.5 Å². The third-order valence-electron chi connectivity index (χ3n) is 3.86. The molecule has 180 valence electrons. The van der Waals surface area contributed by atoms with Gasteiger partial charge in [0.15, 0.2) is 0 Å². The third-order valence-corrected chi connectivity index (χ3v) is 4.22. The molecule has 0 saturated heterocycles. The van der Waals surface area contributed by atoms with Gasteiger partial charge < -0.3 is 42.7 Å². The molecule has 0 bridgehead atoms. The molecule has 16 heteroatoms. The van der Waals surface area contributed by atoms with Gasteiger partial charge in [-0.3, -0.25) is 28.8 Å². The lowest BCUT2D eigenvalue weighted by molar-refractivity contribution is -0.147. The van der Waals surface area contributed by atoms with Crippen molar-refractivity contribution in [1.29, 1.82) is 0 Å². The third kappa shape index (κ3) is 11.1. The van der Waals surface area contributed by atoms with Gasteiger partial charge in [-0.05, 0) is 6.42 Å². The number of nitrogens with one attached hydrogen (secondary N) is 3. The second-order valence-corrected chi connectivity index (χ2v) is 6.88. The number of carbonyl (C=O) groups is 7. The van der Waals surface area contributed by atoms with Crippen LogP contribution < -0.4 is 27.4 Å². The van der Waals surface area contributed by atoms with Gasteiger partial charge in [0, 0.05) is 12.2 Å². The smallest absolute Gasteiger partial charge is 0.326 e. The number of amides is 4. The van der Waals surface area contributed by atoms with E-state index >= 15 is 0 Å². The van der Waals surface area contributed by atoms with E-state index in [1.807, 2.05) is 5.32 Å². The minimum absolute atomic E-state index is 0.162. The summed E-state index contributed by atoms with van der Waals surface area (Å²) >= 11 is 3.85. The van der Waals surface area contributed by atoms with Crippen molar-refractivity contribution in [2.45, 2.75) is 49.9 Å². The number of aliphatic carboxylic acids is 3. The first-order valence-electron chi connectivity index (χ1n) is 9.00. The number of hydrogen-bond donors (Lipinski definition) is 9. The van der Waals surface area contributed by atoms with Crippen LogP contribution in [-0.4, -0.2) is 86.8 Å². The highest BCUT2D eigenvalue weighted by atomic mass is 32.1. The van der Waals surface area contributed by atoms with Crippen molar-refractivity contribution in [3.05, 3.63) is 0 Å². The summed E-state index contributed by atoms with van der Waals surface area (Å²) in [6, 6.07) is -6.23. The lowest BCUT2D eigenvalue weighted by Gasteiger charge is -2.23. The van der Waals surface area contributed by atoms with Crippen molar-refractivity contribution in [3.8, 4) is 0 Å². The maximum Gasteiger partial charge on any atom is 0.326 e. The zero-order valence-corrected chi connectivity index (χ0v) is 17.5. The van der Waals surface area contributed by atoms with Gasteiger partial charge in [0.1, 0.15) is 18.1 Å². The molecular formula is C16H25N5O10S. The van der Waals surface area contributed by atoms with Crippen LogP contribution in [0.1, 0.15) is 25.7 Å². The van der Waals surface area contributed by atoms with Crippen molar-refractivity contribution >= 4 is 54.2 Å². The second-order valence-electron chi connectivity index (χ2n) is 6.51. The van der Waals surface area contributed by atoms with Crippen LogP contribution in [0, 0.1) is 0 Å². The first kappa shape index (κ1) is 28.6. The van der Waals surface area contributed by atoms with Crippen LogP contribution in [0.2, 0.25) is 0 Å². The number of rotatable bonds is 15. The summed E-state index contributed by atoms with van der Waals surface area (Å²) in [7, 11) is 0. The van der Waals surface area contributed by atoms with E-state index in [2.05, 4.69) is 23.3 Å². The van der Waals surface area contributed by atoms with Crippen LogP contribution in [0.25, 0.3) is 0 Å². The molecule has 0 heterocycles. The Morgan fingerprint density at radius 1 is 0.750 bits per heavy atom. The monoisotopic (exact) mass is 479 g/mol. The van der Waals surface area contributed by atoms with Gasteiger partial charge in [0.25, 0.3) is 0 Å². The van der Waals surface area contributed by atoms with Crippen molar-refractivity contribution in [1.82, 2.24) is 16.0 Å². The maximum absolute atomic E-state index is 12.4. The summed E-state index contributed by atoms with van der Waals surface area (Å²) in [5.41, 5.74) is 10.5. The summed E-state index contributed by atoms with van der Waals surface area (Å²) in [6.07, 6.45) is -2.22. The molecule has 4 atom stereocenters. The Morgan fingerprint density at radius 2 is 1.19 bits per heavy atom. The fourth-order valence-electron chi connectivity index (χ4n) is 2.20. The average Bonchev–Trinajstić information content (AvgIpc) is 2.67. The molecule has 15 nitrogen and oxygen atoms in total. The summed E-state index contributed by atoms with van der Waals surface area (Å²) in [4.78, 5) is 80.4. The van der Waals surface area contributed by atoms with Crippen LogP contribution >= 0.6 is 12.6 Å². The zero-order valence-electron chi connectivity index (χ0n) is 16.6. The fourth-order valence-corrected chi connectivity index (χ4v) is 2.46. The molecule has 0 spiro atoms. The highest BCUT2D eigenvalue weighted by molar-refractivity contribution is 7.80. The summed E-state index contributed by atoms with van der Waals surface area (Å²) in [6.45, 7) is 0. The molecule has 0 radical (unpaired) electrons. The van der Waals surface area contributed by atoms with Crippen molar-refractivity contribution in [2.24, 2.45) is 11.5 Å². The minimum Gasteiger partial charge on any atom is -0.481 e. The lowest BCUT2D eigenvalue weighted by Crippen LogP contribution is -2.58. The first-order valence-corrected chi connectivity index (χ1v) is 9.63. The predicted molar refractivity (Wildman–Crippen MR) is 108 cm³/mol. The van der Waals surface area contributed by atoms with E-state index in [4.69, 9.17) is 26.8 Å². The molecule has 4 unspecified atom stereocenters.